The van der Waals surface area contributed by atoms with Crippen molar-refractivity contribution in [3.63, 3.8) is 0 Å². The highest BCUT2D eigenvalue weighted by atomic mass is 16.7. The molecule has 3 saturated carbocycles. The van der Waals surface area contributed by atoms with Gasteiger partial charge >= 0.3 is 0 Å². The SMILES string of the molecule is CC[C@H](CC[C@H](C)[C@@H]1CC[C@@H]2[C@H]3CC=C4C[C@@H](O[C@H]5O[C@H](CO)[C@@H](O)[C@H](O)[C@H]5O)CC[C@]4(C)[C@@H]3CC[C@@]21C)C(C)C. The van der Waals surface area contributed by atoms with Crippen molar-refractivity contribution in [2.45, 2.75) is 149 Å². The summed E-state index contributed by atoms with van der Waals surface area (Å²) >= 11 is 0. The minimum absolute atomic E-state index is 0.101. The molecular weight excluding hydrogens is 516 g/mol. The van der Waals surface area contributed by atoms with E-state index in [1.165, 1.54) is 56.9 Å². The number of fused-ring (bicyclic) bond motifs is 5. The number of rotatable bonds is 9. The third-order valence-corrected chi connectivity index (χ3v) is 13.5. The van der Waals surface area contributed by atoms with Crippen LogP contribution in [0, 0.1) is 52.3 Å². The average Bonchev–Trinajstić information content (AvgIpc) is 3.30. The zero-order chi connectivity index (χ0) is 29.7. The maximum Gasteiger partial charge on any atom is 0.186 e. The van der Waals surface area contributed by atoms with E-state index in [0.717, 1.165) is 60.7 Å². The lowest BCUT2D eigenvalue weighted by Gasteiger charge is -2.58. The second kappa shape index (κ2) is 12.5. The first-order valence-corrected chi connectivity index (χ1v) is 17.1. The molecule has 6 nitrogen and oxygen atoms in total. The van der Waals surface area contributed by atoms with Crippen molar-refractivity contribution < 1.29 is 29.9 Å². The Bertz CT molecular complexity index is 918. The van der Waals surface area contributed by atoms with Gasteiger partial charge in [-0.3, -0.25) is 0 Å². The molecule has 4 N–H and O–H groups in total. The lowest BCUT2D eigenvalue weighted by atomic mass is 9.47. The third-order valence-electron chi connectivity index (χ3n) is 13.5. The van der Waals surface area contributed by atoms with Crippen molar-refractivity contribution in [3.05, 3.63) is 11.6 Å². The summed E-state index contributed by atoms with van der Waals surface area (Å²) in [7, 11) is 0. The number of ether oxygens (including phenoxy) is 2. The molecule has 1 heterocycles. The molecule has 0 bridgehead atoms. The molecule has 0 unspecified atom stereocenters. The Balaban J connectivity index is 1.24. The molecule has 14 atom stereocenters. The molecule has 0 aromatic rings. The number of aliphatic hydroxyl groups is 4. The number of hydrogen-bond donors (Lipinski definition) is 4. The summed E-state index contributed by atoms with van der Waals surface area (Å²) in [6.45, 7) is 14.5. The fourth-order valence-electron chi connectivity index (χ4n) is 10.8. The van der Waals surface area contributed by atoms with Crippen molar-refractivity contribution in [1.82, 2.24) is 0 Å². The molecule has 41 heavy (non-hydrogen) atoms. The van der Waals surface area contributed by atoms with Gasteiger partial charge in [0.1, 0.15) is 24.4 Å². The molecule has 1 aliphatic heterocycles. The average molecular weight is 577 g/mol. The summed E-state index contributed by atoms with van der Waals surface area (Å²) in [6.07, 6.45) is 9.92. The van der Waals surface area contributed by atoms with Gasteiger partial charge in [-0.2, -0.15) is 0 Å². The summed E-state index contributed by atoms with van der Waals surface area (Å²) < 4.78 is 11.9. The number of hydrogen-bond acceptors (Lipinski definition) is 6. The second-order valence-corrected chi connectivity index (χ2v) is 15.7. The molecular formula is C35H60O6. The van der Waals surface area contributed by atoms with E-state index in [1.807, 2.05) is 0 Å². The Morgan fingerprint density at radius 2 is 1.71 bits per heavy atom. The van der Waals surface area contributed by atoms with E-state index < -0.39 is 37.3 Å². The lowest BCUT2D eigenvalue weighted by Crippen LogP contribution is -2.60. The van der Waals surface area contributed by atoms with Gasteiger partial charge in [0.25, 0.3) is 0 Å². The minimum Gasteiger partial charge on any atom is -0.394 e. The molecule has 236 valence electrons. The van der Waals surface area contributed by atoms with Crippen LogP contribution in [0.1, 0.15) is 112 Å². The van der Waals surface area contributed by atoms with Gasteiger partial charge in [-0.15, -0.1) is 0 Å². The predicted octanol–water partition coefficient (Wildman–Crippen LogP) is 5.85. The molecule has 6 heteroatoms. The minimum atomic E-state index is -1.40. The van der Waals surface area contributed by atoms with Gasteiger partial charge in [-0.1, -0.05) is 66.0 Å². The van der Waals surface area contributed by atoms with Crippen molar-refractivity contribution in [2.24, 2.45) is 52.3 Å². The summed E-state index contributed by atoms with van der Waals surface area (Å²) in [6, 6.07) is 0. The van der Waals surface area contributed by atoms with Gasteiger partial charge in [0.15, 0.2) is 6.29 Å². The van der Waals surface area contributed by atoms with E-state index in [4.69, 9.17) is 9.47 Å². The van der Waals surface area contributed by atoms with Gasteiger partial charge < -0.3 is 29.9 Å². The van der Waals surface area contributed by atoms with Gasteiger partial charge in [0.2, 0.25) is 0 Å². The van der Waals surface area contributed by atoms with E-state index in [0.29, 0.717) is 5.41 Å². The smallest absolute Gasteiger partial charge is 0.186 e. The summed E-state index contributed by atoms with van der Waals surface area (Å²) in [5.74, 6) is 5.66. The third kappa shape index (κ3) is 5.73. The van der Waals surface area contributed by atoms with Crippen molar-refractivity contribution in [2.75, 3.05) is 6.61 Å². The highest BCUT2D eigenvalue weighted by Crippen LogP contribution is 2.67. The van der Waals surface area contributed by atoms with Crippen LogP contribution < -0.4 is 0 Å². The van der Waals surface area contributed by atoms with Crippen LogP contribution in [0.2, 0.25) is 0 Å². The predicted molar refractivity (Wildman–Crippen MR) is 161 cm³/mol. The van der Waals surface area contributed by atoms with E-state index >= 15 is 0 Å². The van der Waals surface area contributed by atoms with E-state index in [2.05, 4.69) is 47.6 Å². The largest absolute Gasteiger partial charge is 0.394 e. The van der Waals surface area contributed by atoms with Crippen LogP contribution in [0.4, 0.5) is 0 Å². The first-order valence-electron chi connectivity index (χ1n) is 17.1. The van der Waals surface area contributed by atoms with Gasteiger partial charge in [-0.25, -0.2) is 0 Å². The van der Waals surface area contributed by atoms with Crippen molar-refractivity contribution >= 4 is 0 Å². The maximum atomic E-state index is 10.5. The van der Waals surface area contributed by atoms with Crippen LogP contribution in [-0.4, -0.2) is 63.8 Å². The summed E-state index contributed by atoms with van der Waals surface area (Å²) in [5.41, 5.74) is 2.19. The quantitative estimate of drug-likeness (QED) is 0.257. The Morgan fingerprint density at radius 3 is 2.39 bits per heavy atom. The van der Waals surface area contributed by atoms with E-state index in [-0.39, 0.29) is 11.5 Å². The maximum absolute atomic E-state index is 10.5. The molecule has 5 rings (SSSR count). The highest BCUT2D eigenvalue weighted by molar-refractivity contribution is 5.25. The van der Waals surface area contributed by atoms with Crippen LogP contribution in [0.3, 0.4) is 0 Å². The van der Waals surface area contributed by atoms with Crippen molar-refractivity contribution in [3.8, 4) is 0 Å². The normalized spacial score (nSPS) is 47.7. The van der Waals surface area contributed by atoms with Gasteiger partial charge in [0, 0.05) is 0 Å². The number of allylic oxidation sites excluding steroid dienone is 1. The topological polar surface area (TPSA) is 99.4 Å². The van der Waals surface area contributed by atoms with Crippen LogP contribution in [0.5, 0.6) is 0 Å². The van der Waals surface area contributed by atoms with Gasteiger partial charge in [0.05, 0.1) is 12.7 Å². The van der Waals surface area contributed by atoms with Crippen LogP contribution in [0.25, 0.3) is 0 Å². The van der Waals surface area contributed by atoms with Crippen LogP contribution in [0.15, 0.2) is 11.6 Å². The molecule has 4 aliphatic carbocycles. The molecule has 4 fully saturated rings. The fourth-order valence-corrected chi connectivity index (χ4v) is 10.8. The second-order valence-electron chi connectivity index (χ2n) is 15.7. The van der Waals surface area contributed by atoms with Crippen LogP contribution in [-0.2, 0) is 9.47 Å². The molecule has 0 aromatic heterocycles. The fraction of sp³-hybridized carbons (Fsp3) is 0.943. The summed E-state index contributed by atoms with van der Waals surface area (Å²) in [5, 5.41) is 40.4. The lowest BCUT2D eigenvalue weighted by molar-refractivity contribution is -0.313. The first kappa shape index (κ1) is 31.9. The molecule has 5 aliphatic rings. The molecule has 0 aromatic carbocycles. The molecule has 0 radical (unpaired) electrons. The zero-order valence-electron chi connectivity index (χ0n) is 26.7. The van der Waals surface area contributed by atoms with Gasteiger partial charge in [-0.05, 0) is 110 Å². The standard InChI is InChI=1S/C35H60O6/c1-7-22(20(2)3)9-8-21(4)26-12-13-27-25-11-10-23-18-24(14-16-34(23,5)28(25)15-17-35(26,27)6)40-33-32(39)31(38)30(37)29(19-36)41-33/h10,20-22,24-33,36-39H,7-9,11-19H2,1-6H3/t21-,22+,24-,25+,26-,27+,28+,29+,30+,31-,32+,33-,34-,35+/m0/s1. The van der Waals surface area contributed by atoms with Crippen molar-refractivity contribution in [1.29, 1.82) is 0 Å². The zero-order valence-corrected chi connectivity index (χ0v) is 26.7. The molecule has 0 spiro atoms. The van der Waals surface area contributed by atoms with E-state index in [1.54, 1.807) is 0 Å². The Morgan fingerprint density at radius 1 is 0.951 bits per heavy atom. The van der Waals surface area contributed by atoms with Crippen LogP contribution >= 0.6 is 0 Å². The molecule has 0 amide bonds. The number of aliphatic hydroxyl groups excluding tert-OH is 4. The molecule has 1 saturated heterocycles. The Hall–Kier alpha value is -0.500. The first-order chi connectivity index (χ1) is 19.4. The summed E-state index contributed by atoms with van der Waals surface area (Å²) in [4.78, 5) is 0. The Kier molecular flexibility index (Phi) is 9.71. The highest BCUT2D eigenvalue weighted by Gasteiger charge is 2.59. The monoisotopic (exact) mass is 576 g/mol. The Labute approximate surface area is 249 Å². The van der Waals surface area contributed by atoms with E-state index in [9.17, 15) is 20.4 Å².